The number of carbonyl (C=O) groups is 2. The molecule has 0 atom stereocenters. The van der Waals surface area contributed by atoms with E-state index in [9.17, 15) is 9.59 Å². The highest BCUT2D eigenvalue weighted by Gasteiger charge is 2.32. The second-order valence-corrected chi connectivity index (χ2v) is 5.05. The maximum Gasteiger partial charge on any atom is 0.321 e. The van der Waals surface area contributed by atoms with Gasteiger partial charge in [0.1, 0.15) is 0 Å². The summed E-state index contributed by atoms with van der Waals surface area (Å²) >= 11 is 0. The lowest BCUT2D eigenvalue weighted by Gasteiger charge is -2.38. The zero-order valence-corrected chi connectivity index (χ0v) is 11.1. The number of aryl methyl sites for hydroxylation is 1. The number of carbonyl (C=O) groups excluding carboxylic acids is 1. The fraction of sp³-hybridized carbons (Fsp3) is 0.429. The molecule has 0 aliphatic carbocycles. The van der Waals surface area contributed by atoms with Gasteiger partial charge < -0.3 is 15.3 Å². The molecule has 1 fully saturated rings. The van der Waals surface area contributed by atoms with Gasteiger partial charge >= 0.3 is 12.0 Å². The molecule has 2 rings (SSSR count). The summed E-state index contributed by atoms with van der Waals surface area (Å²) in [7, 11) is 0. The molecule has 102 valence electrons. The fourth-order valence-electron chi connectivity index (χ4n) is 2.19. The predicted molar refractivity (Wildman–Crippen MR) is 72.3 cm³/mol. The van der Waals surface area contributed by atoms with Crippen LogP contribution in [0.15, 0.2) is 18.2 Å². The molecule has 1 aromatic carbocycles. The Balaban J connectivity index is 1.89. The molecular weight excluding hydrogens is 244 g/mol. The molecule has 0 radical (unpaired) electrons. The maximum absolute atomic E-state index is 12.0. The Labute approximate surface area is 112 Å². The van der Waals surface area contributed by atoms with Crippen LogP contribution in [0, 0.1) is 19.8 Å². The third-order valence-electron chi connectivity index (χ3n) is 3.55. The summed E-state index contributed by atoms with van der Waals surface area (Å²) in [5, 5.41) is 11.5. The van der Waals surface area contributed by atoms with Crippen LogP contribution in [0.2, 0.25) is 0 Å². The number of urea groups is 1. The number of hydrogen-bond donors (Lipinski definition) is 2. The first-order chi connectivity index (χ1) is 8.97. The van der Waals surface area contributed by atoms with Gasteiger partial charge in [-0.15, -0.1) is 0 Å². The van der Waals surface area contributed by atoms with E-state index in [-0.39, 0.29) is 18.4 Å². The zero-order chi connectivity index (χ0) is 14.0. The molecule has 0 unspecified atom stereocenters. The van der Waals surface area contributed by atoms with Crippen molar-refractivity contribution in [3.8, 4) is 0 Å². The Morgan fingerprint density at radius 2 is 2.05 bits per heavy atom. The molecule has 0 aromatic heterocycles. The fourth-order valence-corrected chi connectivity index (χ4v) is 2.19. The second-order valence-electron chi connectivity index (χ2n) is 5.05. The van der Waals surface area contributed by atoms with E-state index in [1.807, 2.05) is 32.0 Å². The molecule has 1 heterocycles. The first-order valence-corrected chi connectivity index (χ1v) is 6.31. The SMILES string of the molecule is Cc1cccc(NC(=O)N2CC(CC(=O)O)C2)c1C. The van der Waals surface area contributed by atoms with Crippen LogP contribution in [0.3, 0.4) is 0 Å². The van der Waals surface area contributed by atoms with Crippen LogP contribution >= 0.6 is 0 Å². The summed E-state index contributed by atoms with van der Waals surface area (Å²) in [5.74, 6) is -0.721. The molecule has 19 heavy (non-hydrogen) atoms. The number of hydrogen-bond acceptors (Lipinski definition) is 2. The standard InChI is InChI=1S/C14H18N2O3/c1-9-4-3-5-12(10(9)2)15-14(19)16-7-11(8-16)6-13(17)18/h3-5,11H,6-8H2,1-2H3,(H,15,19)(H,17,18). The highest BCUT2D eigenvalue weighted by Crippen LogP contribution is 2.22. The number of anilines is 1. The summed E-state index contributed by atoms with van der Waals surface area (Å²) in [6.45, 7) is 5.00. The first-order valence-electron chi connectivity index (χ1n) is 6.31. The van der Waals surface area contributed by atoms with E-state index in [4.69, 9.17) is 5.11 Å². The van der Waals surface area contributed by atoms with Crippen molar-refractivity contribution in [1.29, 1.82) is 0 Å². The lowest BCUT2D eigenvalue weighted by molar-refractivity contribution is -0.139. The number of aliphatic carboxylic acids is 1. The summed E-state index contributed by atoms with van der Waals surface area (Å²) in [6, 6.07) is 5.61. The van der Waals surface area contributed by atoms with E-state index in [2.05, 4.69) is 5.32 Å². The van der Waals surface area contributed by atoms with Gasteiger partial charge in [0.15, 0.2) is 0 Å². The van der Waals surface area contributed by atoms with E-state index in [1.54, 1.807) is 4.90 Å². The number of rotatable bonds is 3. The maximum atomic E-state index is 12.0. The van der Waals surface area contributed by atoms with E-state index < -0.39 is 5.97 Å². The van der Waals surface area contributed by atoms with Gasteiger partial charge in [-0.25, -0.2) is 4.79 Å². The Morgan fingerprint density at radius 3 is 2.68 bits per heavy atom. The molecule has 2 amide bonds. The van der Waals surface area contributed by atoms with Gasteiger partial charge in [0.2, 0.25) is 0 Å². The number of carboxylic acid groups (broad SMARTS) is 1. The Hall–Kier alpha value is -2.04. The molecule has 0 spiro atoms. The highest BCUT2D eigenvalue weighted by molar-refractivity contribution is 5.91. The number of nitrogens with zero attached hydrogens (tertiary/aromatic N) is 1. The van der Waals surface area contributed by atoms with Crippen LogP contribution in [-0.4, -0.2) is 35.1 Å². The minimum atomic E-state index is -0.806. The molecular formula is C14H18N2O3. The lowest BCUT2D eigenvalue weighted by Crippen LogP contribution is -2.52. The third kappa shape index (κ3) is 3.05. The molecule has 5 heteroatoms. The summed E-state index contributed by atoms with van der Waals surface area (Å²) in [6.07, 6.45) is 0.132. The monoisotopic (exact) mass is 262 g/mol. The van der Waals surface area contributed by atoms with Gasteiger partial charge in [-0.3, -0.25) is 4.79 Å². The van der Waals surface area contributed by atoms with Gasteiger partial charge in [0, 0.05) is 24.7 Å². The van der Waals surface area contributed by atoms with Crippen molar-refractivity contribution in [2.24, 2.45) is 5.92 Å². The van der Waals surface area contributed by atoms with Gasteiger partial charge in [0.25, 0.3) is 0 Å². The Kier molecular flexibility index (Phi) is 3.74. The van der Waals surface area contributed by atoms with Gasteiger partial charge in [-0.2, -0.15) is 0 Å². The van der Waals surface area contributed by atoms with Crippen molar-refractivity contribution in [1.82, 2.24) is 4.90 Å². The normalized spacial score (nSPS) is 14.9. The van der Waals surface area contributed by atoms with Crippen LogP contribution in [0.5, 0.6) is 0 Å². The number of carboxylic acids is 1. The highest BCUT2D eigenvalue weighted by atomic mass is 16.4. The Morgan fingerprint density at radius 1 is 1.37 bits per heavy atom. The third-order valence-corrected chi connectivity index (χ3v) is 3.55. The summed E-state index contributed by atoms with van der Waals surface area (Å²) in [5.41, 5.74) is 3.00. The molecule has 5 nitrogen and oxygen atoms in total. The van der Waals surface area contributed by atoms with Crippen LogP contribution in [0.1, 0.15) is 17.5 Å². The van der Waals surface area contributed by atoms with E-state index in [0.29, 0.717) is 13.1 Å². The largest absolute Gasteiger partial charge is 0.481 e. The first kappa shape index (κ1) is 13.4. The summed E-state index contributed by atoms with van der Waals surface area (Å²) in [4.78, 5) is 24.1. The predicted octanol–water partition coefficient (Wildman–Crippen LogP) is 2.24. The van der Waals surface area contributed by atoms with Crippen molar-refractivity contribution in [3.05, 3.63) is 29.3 Å². The van der Waals surface area contributed by atoms with Gasteiger partial charge in [-0.1, -0.05) is 12.1 Å². The molecule has 1 aliphatic rings. The average molecular weight is 262 g/mol. The van der Waals surface area contributed by atoms with Crippen LogP contribution < -0.4 is 5.32 Å². The van der Waals surface area contributed by atoms with Crippen molar-refractivity contribution in [2.75, 3.05) is 18.4 Å². The molecule has 0 saturated carbocycles. The van der Waals surface area contributed by atoms with Crippen LogP contribution in [0.25, 0.3) is 0 Å². The minimum Gasteiger partial charge on any atom is -0.481 e. The van der Waals surface area contributed by atoms with Gasteiger partial charge in [0.05, 0.1) is 6.42 Å². The van der Waals surface area contributed by atoms with Crippen molar-refractivity contribution in [3.63, 3.8) is 0 Å². The molecule has 1 saturated heterocycles. The molecule has 1 aliphatic heterocycles. The van der Waals surface area contributed by atoms with E-state index in [0.717, 1.165) is 16.8 Å². The van der Waals surface area contributed by atoms with Crippen molar-refractivity contribution in [2.45, 2.75) is 20.3 Å². The quantitative estimate of drug-likeness (QED) is 0.877. The molecule has 1 aromatic rings. The van der Waals surface area contributed by atoms with E-state index in [1.165, 1.54) is 0 Å². The van der Waals surface area contributed by atoms with Crippen molar-refractivity contribution >= 4 is 17.7 Å². The zero-order valence-electron chi connectivity index (χ0n) is 11.1. The van der Waals surface area contributed by atoms with Crippen molar-refractivity contribution < 1.29 is 14.7 Å². The topological polar surface area (TPSA) is 69.6 Å². The smallest absolute Gasteiger partial charge is 0.321 e. The Bertz CT molecular complexity index is 507. The number of likely N-dealkylation sites (tertiary alicyclic amines) is 1. The number of benzene rings is 1. The van der Waals surface area contributed by atoms with E-state index >= 15 is 0 Å². The molecule has 0 bridgehead atoms. The summed E-state index contributed by atoms with van der Waals surface area (Å²) < 4.78 is 0. The molecule has 2 N–H and O–H groups in total. The number of amides is 2. The lowest BCUT2D eigenvalue weighted by atomic mass is 9.97. The second kappa shape index (κ2) is 5.30. The number of nitrogens with one attached hydrogen (secondary N) is 1. The van der Waals surface area contributed by atoms with Crippen LogP contribution in [-0.2, 0) is 4.79 Å². The average Bonchev–Trinajstić information content (AvgIpc) is 2.28. The minimum absolute atomic E-state index is 0.0851. The van der Waals surface area contributed by atoms with Crippen LogP contribution in [0.4, 0.5) is 10.5 Å². The van der Waals surface area contributed by atoms with Gasteiger partial charge in [-0.05, 0) is 31.0 Å².